The molecule has 5 nitrogen and oxygen atoms in total. The van der Waals surface area contributed by atoms with Crippen molar-refractivity contribution in [3.8, 4) is 22.9 Å². The lowest BCUT2D eigenvalue weighted by Gasteiger charge is -2.07. The van der Waals surface area contributed by atoms with Gasteiger partial charge in [-0.25, -0.2) is 9.97 Å². The van der Waals surface area contributed by atoms with Crippen LogP contribution in [-0.4, -0.2) is 26.6 Å². The van der Waals surface area contributed by atoms with Gasteiger partial charge in [0.2, 0.25) is 5.65 Å². The van der Waals surface area contributed by atoms with Crippen LogP contribution in [-0.2, 0) is 0 Å². The lowest BCUT2D eigenvalue weighted by Crippen LogP contribution is -1.95. The van der Waals surface area contributed by atoms with E-state index in [1.807, 2.05) is 23.6 Å². The molecule has 96 valence electrons. The molecule has 0 saturated carbocycles. The minimum absolute atomic E-state index is 0.259. The van der Waals surface area contributed by atoms with Gasteiger partial charge in [0.25, 0.3) is 5.88 Å². The van der Waals surface area contributed by atoms with Gasteiger partial charge in [-0.2, -0.15) is 0 Å². The highest BCUT2D eigenvalue weighted by atomic mass is 16.5. The van der Waals surface area contributed by atoms with E-state index in [4.69, 9.17) is 4.74 Å². The van der Waals surface area contributed by atoms with Gasteiger partial charge >= 0.3 is 0 Å². The minimum atomic E-state index is 0.259. The number of fused-ring (bicyclic) bond motifs is 1. The predicted octanol–water partition coefficient (Wildman–Crippen LogP) is 2.42. The van der Waals surface area contributed by atoms with Crippen molar-refractivity contribution in [1.82, 2.24) is 14.4 Å². The zero-order chi connectivity index (χ0) is 13.4. The summed E-state index contributed by atoms with van der Waals surface area (Å²) in [5.41, 5.74) is 3.61. The minimum Gasteiger partial charge on any atom is -0.508 e. The lowest BCUT2D eigenvalue weighted by atomic mass is 10.1. The maximum absolute atomic E-state index is 9.48. The van der Waals surface area contributed by atoms with Crippen LogP contribution in [0.1, 0.15) is 5.56 Å². The van der Waals surface area contributed by atoms with Gasteiger partial charge in [-0.3, -0.25) is 4.40 Å². The number of phenolic OH excluding ortho intramolecular Hbond substituents is 1. The Hall–Kier alpha value is -2.56. The van der Waals surface area contributed by atoms with Crippen LogP contribution in [0.3, 0.4) is 0 Å². The summed E-state index contributed by atoms with van der Waals surface area (Å²) in [6, 6.07) is 5.27. The Labute approximate surface area is 110 Å². The Morgan fingerprint density at radius 1 is 1.26 bits per heavy atom. The lowest BCUT2D eigenvalue weighted by molar-refractivity contribution is 0.400. The first-order valence-electron chi connectivity index (χ1n) is 5.87. The number of imidazole rings is 1. The van der Waals surface area contributed by atoms with Crippen molar-refractivity contribution in [2.45, 2.75) is 6.92 Å². The molecule has 0 unspecified atom stereocenters. The third-order valence-corrected chi connectivity index (χ3v) is 3.07. The molecular formula is C14H13N3O2. The van der Waals surface area contributed by atoms with Gasteiger partial charge in [-0.15, -0.1) is 0 Å². The van der Waals surface area contributed by atoms with Crippen LogP contribution < -0.4 is 4.74 Å². The van der Waals surface area contributed by atoms with E-state index in [1.165, 1.54) is 0 Å². The second kappa shape index (κ2) is 4.28. The van der Waals surface area contributed by atoms with Crippen LogP contribution in [0.4, 0.5) is 0 Å². The van der Waals surface area contributed by atoms with Crippen molar-refractivity contribution >= 4 is 5.65 Å². The van der Waals surface area contributed by atoms with Crippen molar-refractivity contribution in [3.63, 3.8) is 0 Å². The molecule has 3 rings (SSSR count). The summed E-state index contributed by atoms with van der Waals surface area (Å²) in [7, 11) is 1.57. The Morgan fingerprint density at radius 2 is 2.11 bits per heavy atom. The monoisotopic (exact) mass is 255 g/mol. The number of aromatic nitrogens is 3. The molecule has 0 aliphatic carbocycles. The standard InChI is InChI=1S/C14H13N3O2/c1-9-7-10(18)3-4-11(9)12-8-16-13-14(19-2)15-5-6-17(12)13/h3-8,18H,1-2H3. The van der Waals surface area contributed by atoms with E-state index in [2.05, 4.69) is 9.97 Å². The molecule has 3 aromatic rings. The van der Waals surface area contributed by atoms with Gasteiger partial charge in [-0.05, 0) is 30.7 Å². The number of aromatic hydroxyl groups is 1. The number of methoxy groups -OCH3 is 1. The van der Waals surface area contributed by atoms with Crippen LogP contribution >= 0.6 is 0 Å². The predicted molar refractivity (Wildman–Crippen MR) is 71.4 cm³/mol. The van der Waals surface area contributed by atoms with Gasteiger partial charge in [-0.1, -0.05) is 0 Å². The van der Waals surface area contributed by atoms with E-state index < -0.39 is 0 Å². The molecule has 0 saturated heterocycles. The van der Waals surface area contributed by atoms with Crippen LogP contribution in [0, 0.1) is 6.92 Å². The van der Waals surface area contributed by atoms with E-state index in [1.54, 1.807) is 31.6 Å². The number of ether oxygens (including phenoxy) is 1. The first-order valence-corrected chi connectivity index (χ1v) is 5.87. The SMILES string of the molecule is COc1nccn2c(-c3ccc(O)cc3C)cnc12. The number of nitrogens with zero attached hydrogens (tertiary/aromatic N) is 3. The van der Waals surface area contributed by atoms with Crippen molar-refractivity contribution in [2.75, 3.05) is 7.11 Å². The fourth-order valence-corrected chi connectivity index (χ4v) is 2.17. The maximum atomic E-state index is 9.48. The quantitative estimate of drug-likeness (QED) is 0.764. The molecule has 0 aliphatic heterocycles. The molecule has 19 heavy (non-hydrogen) atoms. The maximum Gasteiger partial charge on any atom is 0.258 e. The number of hydrogen-bond acceptors (Lipinski definition) is 4. The summed E-state index contributed by atoms with van der Waals surface area (Å²) in [6.07, 6.45) is 5.29. The largest absolute Gasteiger partial charge is 0.508 e. The smallest absolute Gasteiger partial charge is 0.258 e. The highest BCUT2D eigenvalue weighted by molar-refractivity contribution is 5.69. The molecular weight excluding hydrogens is 242 g/mol. The summed E-state index contributed by atoms with van der Waals surface area (Å²) in [5.74, 6) is 0.750. The zero-order valence-electron chi connectivity index (χ0n) is 10.7. The second-order valence-electron chi connectivity index (χ2n) is 4.27. The Bertz CT molecular complexity index is 750. The van der Waals surface area contributed by atoms with Gasteiger partial charge < -0.3 is 9.84 Å². The second-order valence-corrected chi connectivity index (χ2v) is 4.27. The molecule has 0 fully saturated rings. The van der Waals surface area contributed by atoms with E-state index in [-0.39, 0.29) is 5.75 Å². The van der Waals surface area contributed by atoms with Crippen LogP contribution in [0.2, 0.25) is 0 Å². The summed E-state index contributed by atoms with van der Waals surface area (Å²) in [5, 5.41) is 9.48. The summed E-state index contributed by atoms with van der Waals surface area (Å²) >= 11 is 0. The normalized spacial score (nSPS) is 10.8. The average Bonchev–Trinajstić information content (AvgIpc) is 2.82. The van der Waals surface area contributed by atoms with Crippen LogP contribution in [0.25, 0.3) is 16.9 Å². The third kappa shape index (κ3) is 1.79. The van der Waals surface area contributed by atoms with Gasteiger partial charge in [0.1, 0.15) is 5.75 Å². The molecule has 0 aliphatic rings. The van der Waals surface area contributed by atoms with Crippen molar-refractivity contribution in [2.24, 2.45) is 0 Å². The van der Waals surface area contributed by atoms with Crippen LogP contribution in [0.5, 0.6) is 11.6 Å². The fraction of sp³-hybridized carbons (Fsp3) is 0.143. The van der Waals surface area contributed by atoms with E-state index in [0.29, 0.717) is 11.5 Å². The molecule has 0 amide bonds. The van der Waals surface area contributed by atoms with Gasteiger partial charge in [0.05, 0.1) is 19.0 Å². The van der Waals surface area contributed by atoms with Crippen LogP contribution in [0.15, 0.2) is 36.8 Å². The Kier molecular flexibility index (Phi) is 2.59. The van der Waals surface area contributed by atoms with E-state index in [9.17, 15) is 5.11 Å². The topological polar surface area (TPSA) is 59.7 Å². The van der Waals surface area contributed by atoms with Crippen molar-refractivity contribution in [1.29, 1.82) is 0 Å². The number of phenols is 1. The molecule has 0 bridgehead atoms. The van der Waals surface area contributed by atoms with E-state index in [0.717, 1.165) is 16.8 Å². The first-order chi connectivity index (χ1) is 9.20. The molecule has 0 atom stereocenters. The molecule has 1 N–H and O–H groups in total. The number of hydrogen-bond donors (Lipinski definition) is 1. The van der Waals surface area contributed by atoms with Gasteiger partial charge in [0, 0.05) is 18.0 Å². The first kappa shape index (κ1) is 11.5. The molecule has 5 heteroatoms. The summed E-state index contributed by atoms with van der Waals surface area (Å²) in [4.78, 5) is 8.47. The number of rotatable bonds is 2. The van der Waals surface area contributed by atoms with Crippen molar-refractivity contribution < 1.29 is 9.84 Å². The fourth-order valence-electron chi connectivity index (χ4n) is 2.17. The average molecular weight is 255 g/mol. The summed E-state index contributed by atoms with van der Waals surface area (Å²) < 4.78 is 7.11. The Morgan fingerprint density at radius 3 is 2.84 bits per heavy atom. The number of benzene rings is 1. The third-order valence-electron chi connectivity index (χ3n) is 3.07. The van der Waals surface area contributed by atoms with Gasteiger partial charge in [0.15, 0.2) is 0 Å². The summed E-state index contributed by atoms with van der Waals surface area (Å²) in [6.45, 7) is 1.95. The molecule has 0 radical (unpaired) electrons. The molecule has 1 aromatic carbocycles. The zero-order valence-corrected chi connectivity index (χ0v) is 10.7. The Balaban J connectivity index is 2.26. The number of aryl methyl sites for hydroxylation is 1. The van der Waals surface area contributed by atoms with E-state index >= 15 is 0 Å². The molecule has 2 heterocycles. The molecule has 2 aromatic heterocycles. The highest BCUT2D eigenvalue weighted by Crippen LogP contribution is 2.28. The molecule has 0 spiro atoms. The van der Waals surface area contributed by atoms with Crippen molar-refractivity contribution in [3.05, 3.63) is 42.4 Å². The highest BCUT2D eigenvalue weighted by Gasteiger charge is 2.12.